The molecule has 2 aliphatic rings. The van der Waals surface area contributed by atoms with Crippen LogP contribution in [0, 0.1) is 5.41 Å². The molecule has 1 saturated carbocycles. The van der Waals surface area contributed by atoms with E-state index in [-0.39, 0.29) is 5.41 Å². The molecule has 0 N–H and O–H groups in total. The second-order valence-corrected chi connectivity index (χ2v) is 7.52. The summed E-state index contributed by atoms with van der Waals surface area (Å²) < 4.78 is 28.4. The first kappa shape index (κ1) is 9.46. The Bertz CT molecular complexity index is 310. The van der Waals surface area contributed by atoms with Crippen LogP contribution in [0.4, 0.5) is 0 Å². The molecule has 1 saturated heterocycles. The third-order valence-electron chi connectivity index (χ3n) is 3.14. The van der Waals surface area contributed by atoms with E-state index < -0.39 is 14.6 Å². The largest absolute Gasteiger partial charge is 0.380 e. The highest BCUT2D eigenvalue weighted by molar-refractivity contribution is 7.93. The smallest absolute Gasteiger partial charge is 0.156 e. The Morgan fingerprint density at radius 3 is 2.08 bits per heavy atom. The van der Waals surface area contributed by atoms with Crippen LogP contribution in [0.1, 0.15) is 26.7 Å². The van der Waals surface area contributed by atoms with Crippen molar-refractivity contribution in [1.29, 1.82) is 0 Å². The molecule has 0 spiro atoms. The maximum atomic E-state index is 11.9. The van der Waals surface area contributed by atoms with Crippen molar-refractivity contribution in [3.8, 4) is 0 Å². The monoisotopic (exact) mass is 204 g/mol. The van der Waals surface area contributed by atoms with Gasteiger partial charge in [-0.15, -0.1) is 0 Å². The first-order valence-electron chi connectivity index (χ1n) is 4.67. The maximum absolute atomic E-state index is 11.9. The third-order valence-corrected chi connectivity index (χ3v) is 6.13. The fourth-order valence-electron chi connectivity index (χ4n) is 1.65. The highest BCUT2D eigenvalue weighted by Crippen LogP contribution is 2.45. The van der Waals surface area contributed by atoms with Crippen molar-refractivity contribution in [3.63, 3.8) is 0 Å². The summed E-state index contributed by atoms with van der Waals surface area (Å²) in [6.07, 6.45) is 1.68. The number of hydrogen-bond acceptors (Lipinski definition) is 3. The fourth-order valence-corrected chi connectivity index (χ4v) is 3.81. The van der Waals surface area contributed by atoms with Gasteiger partial charge in [-0.25, -0.2) is 8.42 Å². The molecule has 0 aromatic carbocycles. The molecule has 2 rings (SSSR count). The molecule has 0 atom stereocenters. The van der Waals surface area contributed by atoms with Crippen molar-refractivity contribution in [2.24, 2.45) is 5.41 Å². The van der Waals surface area contributed by atoms with Crippen LogP contribution in [-0.2, 0) is 14.6 Å². The second kappa shape index (κ2) is 2.48. The number of rotatable bonds is 3. The fraction of sp³-hybridized carbons (Fsp3) is 1.00. The summed E-state index contributed by atoms with van der Waals surface area (Å²) in [6, 6.07) is 0. The molecular weight excluding hydrogens is 188 g/mol. The predicted molar refractivity (Wildman–Crippen MR) is 50.4 cm³/mol. The van der Waals surface area contributed by atoms with Crippen molar-refractivity contribution in [2.75, 3.05) is 19.0 Å². The van der Waals surface area contributed by atoms with Crippen molar-refractivity contribution in [1.82, 2.24) is 0 Å². The Morgan fingerprint density at radius 1 is 1.23 bits per heavy atom. The molecule has 4 heteroatoms. The Hall–Kier alpha value is -0.0900. The van der Waals surface area contributed by atoms with E-state index in [2.05, 4.69) is 0 Å². The van der Waals surface area contributed by atoms with Gasteiger partial charge < -0.3 is 4.74 Å². The molecule has 0 unspecified atom stereocenters. The third kappa shape index (κ3) is 1.50. The lowest BCUT2D eigenvalue weighted by molar-refractivity contribution is -0.0870. The second-order valence-electron chi connectivity index (χ2n) is 5.01. The number of hydrogen-bond donors (Lipinski definition) is 0. The van der Waals surface area contributed by atoms with Crippen LogP contribution in [0.3, 0.4) is 0 Å². The summed E-state index contributed by atoms with van der Waals surface area (Å²) in [6.45, 7) is 5.04. The summed E-state index contributed by atoms with van der Waals surface area (Å²) in [4.78, 5) is 0. The van der Waals surface area contributed by atoms with Gasteiger partial charge in [-0.1, -0.05) is 6.92 Å². The molecule has 1 aliphatic heterocycles. The molecule has 1 aliphatic carbocycles. The van der Waals surface area contributed by atoms with Crippen LogP contribution in [-0.4, -0.2) is 32.1 Å². The predicted octanol–water partition coefficient (Wildman–Crippen LogP) is 0.990. The van der Waals surface area contributed by atoms with E-state index in [4.69, 9.17) is 4.74 Å². The number of ether oxygens (including phenoxy) is 1. The Kier molecular flexibility index (Phi) is 1.81. The molecule has 0 aromatic heterocycles. The van der Waals surface area contributed by atoms with Crippen LogP contribution in [0.5, 0.6) is 0 Å². The van der Waals surface area contributed by atoms with Gasteiger partial charge in [0.2, 0.25) is 0 Å². The zero-order valence-electron chi connectivity index (χ0n) is 8.17. The van der Waals surface area contributed by atoms with Crippen LogP contribution < -0.4 is 0 Å². The highest BCUT2D eigenvalue weighted by Gasteiger charge is 2.53. The van der Waals surface area contributed by atoms with Gasteiger partial charge in [0.05, 0.1) is 23.7 Å². The van der Waals surface area contributed by atoms with Gasteiger partial charge in [0.15, 0.2) is 9.84 Å². The minimum absolute atomic E-state index is 0.107. The molecule has 76 valence electrons. The number of sulfone groups is 1. The van der Waals surface area contributed by atoms with Crippen molar-refractivity contribution < 1.29 is 13.2 Å². The Labute approximate surface area is 79.4 Å². The molecule has 13 heavy (non-hydrogen) atoms. The van der Waals surface area contributed by atoms with Gasteiger partial charge in [-0.3, -0.25) is 0 Å². The van der Waals surface area contributed by atoms with Gasteiger partial charge in [0, 0.05) is 5.41 Å². The lowest BCUT2D eigenvalue weighted by Gasteiger charge is -2.38. The summed E-state index contributed by atoms with van der Waals surface area (Å²) >= 11 is 0. The van der Waals surface area contributed by atoms with Crippen LogP contribution in [0.2, 0.25) is 0 Å². The normalized spacial score (nSPS) is 29.4. The summed E-state index contributed by atoms with van der Waals surface area (Å²) in [7, 11) is -2.89. The summed E-state index contributed by atoms with van der Waals surface area (Å²) in [5.74, 6) is 0.302. The lowest BCUT2D eigenvalue weighted by atomic mass is 9.92. The molecule has 0 amide bonds. The highest BCUT2D eigenvalue weighted by atomic mass is 32.2. The molecule has 0 bridgehead atoms. The average molecular weight is 204 g/mol. The van der Waals surface area contributed by atoms with E-state index in [1.54, 1.807) is 0 Å². The summed E-state index contributed by atoms with van der Waals surface area (Å²) in [5, 5.41) is 0. The molecule has 0 aromatic rings. The summed E-state index contributed by atoms with van der Waals surface area (Å²) in [5.41, 5.74) is -0.107. The molecular formula is C9H16O3S. The van der Waals surface area contributed by atoms with E-state index in [0.29, 0.717) is 19.0 Å². The van der Waals surface area contributed by atoms with Gasteiger partial charge in [-0.05, 0) is 19.8 Å². The molecule has 3 nitrogen and oxygen atoms in total. The first-order chi connectivity index (χ1) is 5.87. The lowest BCUT2D eigenvalue weighted by Crippen LogP contribution is -2.47. The Balaban J connectivity index is 2.09. The Morgan fingerprint density at radius 2 is 1.77 bits per heavy atom. The zero-order valence-corrected chi connectivity index (χ0v) is 8.99. The minimum atomic E-state index is -2.89. The zero-order chi connectivity index (χ0) is 9.74. The topological polar surface area (TPSA) is 43.4 Å². The average Bonchev–Trinajstić information content (AvgIpc) is 2.65. The minimum Gasteiger partial charge on any atom is -0.380 e. The van der Waals surface area contributed by atoms with E-state index in [9.17, 15) is 8.42 Å². The molecule has 2 fully saturated rings. The first-order valence-corrected chi connectivity index (χ1v) is 6.32. The standard InChI is InChI=1S/C9H16O3S/c1-8(5-12-6-8)7-13(10,11)9(2)3-4-9/h3-7H2,1-2H3. The van der Waals surface area contributed by atoms with Gasteiger partial charge in [0.1, 0.15) is 0 Å². The van der Waals surface area contributed by atoms with Crippen LogP contribution >= 0.6 is 0 Å². The van der Waals surface area contributed by atoms with E-state index in [1.165, 1.54) is 0 Å². The SMILES string of the molecule is CC1(CS(=O)(=O)C2(C)CC2)COC1. The van der Waals surface area contributed by atoms with E-state index in [0.717, 1.165) is 12.8 Å². The van der Waals surface area contributed by atoms with Crippen molar-refractivity contribution in [3.05, 3.63) is 0 Å². The maximum Gasteiger partial charge on any atom is 0.156 e. The van der Waals surface area contributed by atoms with Crippen LogP contribution in [0.15, 0.2) is 0 Å². The quantitative estimate of drug-likeness (QED) is 0.688. The van der Waals surface area contributed by atoms with E-state index >= 15 is 0 Å². The molecule has 1 heterocycles. The molecule has 0 radical (unpaired) electrons. The van der Waals surface area contributed by atoms with Crippen molar-refractivity contribution >= 4 is 9.84 Å². The van der Waals surface area contributed by atoms with E-state index in [1.807, 2.05) is 13.8 Å². The van der Waals surface area contributed by atoms with Gasteiger partial charge in [0.25, 0.3) is 0 Å². The van der Waals surface area contributed by atoms with Gasteiger partial charge >= 0.3 is 0 Å². The van der Waals surface area contributed by atoms with Crippen molar-refractivity contribution in [2.45, 2.75) is 31.4 Å². The van der Waals surface area contributed by atoms with Gasteiger partial charge in [-0.2, -0.15) is 0 Å². The van der Waals surface area contributed by atoms with Crippen LogP contribution in [0.25, 0.3) is 0 Å².